The van der Waals surface area contributed by atoms with Crippen LogP contribution in [0.5, 0.6) is 5.88 Å². The Morgan fingerprint density at radius 3 is 2.64 bits per heavy atom. The van der Waals surface area contributed by atoms with Crippen LogP contribution in [0.25, 0.3) is 0 Å². The summed E-state index contributed by atoms with van der Waals surface area (Å²) in [5.74, 6) is -0.958. The van der Waals surface area contributed by atoms with Crippen molar-refractivity contribution in [3.8, 4) is 5.88 Å². The molecule has 6 heteroatoms. The van der Waals surface area contributed by atoms with E-state index in [0.29, 0.717) is 17.5 Å². The molecule has 33 heavy (non-hydrogen) atoms. The van der Waals surface area contributed by atoms with Gasteiger partial charge in [-0.25, -0.2) is 4.98 Å². The van der Waals surface area contributed by atoms with E-state index in [4.69, 9.17) is 9.84 Å². The Labute approximate surface area is 206 Å². The SMILES string of the molecule is CCCCCCCCCCN[C@@H]1CCc2cccc(Br)c21.O=C(O)[C@@H]1COc2ncccc21. The summed E-state index contributed by atoms with van der Waals surface area (Å²) in [5.41, 5.74) is 3.71. The first-order valence-corrected chi connectivity index (χ1v) is 13.2. The van der Waals surface area contributed by atoms with Crippen molar-refractivity contribution in [2.24, 2.45) is 0 Å². The fourth-order valence-corrected chi connectivity index (χ4v) is 5.30. The fourth-order valence-electron chi connectivity index (χ4n) is 4.62. The summed E-state index contributed by atoms with van der Waals surface area (Å²) in [5, 5.41) is 12.5. The number of ether oxygens (including phenoxy) is 1. The lowest BCUT2D eigenvalue weighted by atomic mass is 10.0. The normalized spacial score (nSPS) is 18.1. The largest absolute Gasteiger partial charge is 0.481 e. The van der Waals surface area contributed by atoms with Crippen molar-refractivity contribution in [3.05, 3.63) is 57.7 Å². The van der Waals surface area contributed by atoms with Gasteiger partial charge in [-0.1, -0.05) is 86.0 Å². The third-order valence-electron chi connectivity index (χ3n) is 6.48. The van der Waals surface area contributed by atoms with Gasteiger partial charge in [0.05, 0.1) is 0 Å². The number of aryl methyl sites for hydroxylation is 1. The number of carboxylic acids is 1. The van der Waals surface area contributed by atoms with Crippen molar-refractivity contribution >= 4 is 21.9 Å². The highest BCUT2D eigenvalue weighted by Crippen LogP contribution is 2.36. The van der Waals surface area contributed by atoms with E-state index in [-0.39, 0.29) is 6.61 Å². The maximum absolute atomic E-state index is 10.7. The van der Waals surface area contributed by atoms with Gasteiger partial charge >= 0.3 is 5.97 Å². The average Bonchev–Trinajstić information content (AvgIpc) is 3.44. The Kier molecular flexibility index (Phi) is 10.7. The van der Waals surface area contributed by atoms with E-state index in [9.17, 15) is 4.79 Å². The van der Waals surface area contributed by atoms with Crippen LogP contribution in [0.1, 0.15) is 93.4 Å². The molecule has 2 heterocycles. The van der Waals surface area contributed by atoms with Crippen LogP contribution in [-0.4, -0.2) is 29.2 Å². The monoisotopic (exact) mass is 516 g/mol. The minimum absolute atomic E-state index is 0.196. The summed E-state index contributed by atoms with van der Waals surface area (Å²) in [7, 11) is 0. The Morgan fingerprint density at radius 1 is 1.12 bits per heavy atom. The zero-order valence-corrected chi connectivity index (χ0v) is 21.3. The van der Waals surface area contributed by atoms with Gasteiger partial charge in [0.15, 0.2) is 0 Å². The van der Waals surface area contributed by atoms with Gasteiger partial charge in [0.2, 0.25) is 5.88 Å². The molecule has 5 nitrogen and oxygen atoms in total. The number of hydrogen-bond acceptors (Lipinski definition) is 4. The first kappa shape index (κ1) is 25.7. The summed E-state index contributed by atoms with van der Waals surface area (Å²) >= 11 is 3.71. The summed E-state index contributed by atoms with van der Waals surface area (Å²) in [6, 6.07) is 10.6. The van der Waals surface area contributed by atoms with Gasteiger partial charge < -0.3 is 15.2 Å². The fraction of sp³-hybridized carbons (Fsp3) is 0.556. The molecule has 1 aromatic heterocycles. The predicted octanol–water partition coefficient (Wildman–Crippen LogP) is 6.81. The van der Waals surface area contributed by atoms with Crippen molar-refractivity contribution in [2.75, 3.05) is 13.2 Å². The number of nitrogens with one attached hydrogen (secondary N) is 1. The number of nitrogens with zero attached hydrogens (tertiary/aromatic N) is 1. The predicted molar refractivity (Wildman–Crippen MR) is 136 cm³/mol. The van der Waals surface area contributed by atoms with Crippen molar-refractivity contribution < 1.29 is 14.6 Å². The maximum atomic E-state index is 10.7. The number of rotatable bonds is 11. The van der Waals surface area contributed by atoms with E-state index < -0.39 is 11.9 Å². The van der Waals surface area contributed by atoms with Gasteiger partial charge in [-0.3, -0.25) is 4.79 Å². The van der Waals surface area contributed by atoms with Gasteiger partial charge in [0.25, 0.3) is 0 Å². The first-order valence-electron chi connectivity index (χ1n) is 12.4. The minimum Gasteiger partial charge on any atom is -0.481 e. The van der Waals surface area contributed by atoms with Crippen LogP contribution in [0, 0.1) is 0 Å². The number of halogens is 1. The van der Waals surface area contributed by atoms with Gasteiger partial charge in [0, 0.05) is 22.3 Å². The number of benzene rings is 1. The lowest BCUT2D eigenvalue weighted by Crippen LogP contribution is -2.20. The molecule has 4 rings (SSSR count). The summed E-state index contributed by atoms with van der Waals surface area (Å²) in [4.78, 5) is 14.6. The molecule has 2 aliphatic rings. The van der Waals surface area contributed by atoms with E-state index in [1.807, 2.05) is 0 Å². The highest BCUT2D eigenvalue weighted by Gasteiger charge is 2.30. The smallest absolute Gasteiger partial charge is 0.314 e. The average molecular weight is 518 g/mol. The third-order valence-corrected chi connectivity index (χ3v) is 7.17. The quantitative estimate of drug-likeness (QED) is 0.321. The number of carbonyl (C=O) groups is 1. The lowest BCUT2D eigenvalue weighted by molar-refractivity contribution is -0.138. The Morgan fingerprint density at radius 2 is 1.88 bits per heavy atom. The number of aromatic nitrogens is 1. The Hall–Kier alpha value is -1.92. The summed E-state index contributed by atoms with van der Waals surface area (Å²) in [6.45, 7) is 3.65. The highest BCUT2D eigenvalue weighted by atomic mass is 79.9. The van der Waals surface area contributed by atoms with Crippen molar-refractivity contribution in [3.63, 3.8) is 0 Å². The maximum Gasteiger partial charge on any atom is 0.314 e. The zero-order valence-electron chi connectivity index (χ0n) is 19.7. The molecule has 0 amide bonds. The van der Waals surface area contributed by atoms with E-state index in [1.54, 1.807) is 18.3 Å². The third kappa shape index (κ3) is 7.54. The number of fused-ring (bicyclic) bond motifs is 2. The standard InChI is InChI=1S/C19H30BrN.C8H7NO3/c1-2-3-4-5-6-7-8-9-15-21-18-14-13-16-11-10-12-17(20)19(16)18;10-8(11)6-4-12-7-5(6)2-1-3-9-7/h10-12,18,21H,2-9,13-15H2,1H3;1-3,6H,4H2,(H,10,11)/t18-;6-/m11/s1. The molecule has 1 aliphatic heterocycles. The molecule has 1 aromatic carbocycles. The van der Waals surface area contributed by atoms with E-state index in [0.717, 1.165) is 0 Å². The van der Waals surface area contributed by atoms with Crippen LogP contribution in [0.4, 0.5) is 0 Å². The topological polar surface area (TPSA) is 71.5 Å². The molecule has 0 bridgehead atoms. The van der Waals surface area contributed by atoms with Gasteiger partial charge in [-0.05, 0) is 49.1 Å². The van der Waals surface area contributed by atoms with E-state index in [2.05, 4.69) is 51.4 Å². The van der Waals surface area contributed by atoms with Crippen LogP contribution >= 0.6 is 15.9 Å². The van der Waals surface area contributed by atoms with Gasteiger partial charge in [-0.15, -0.1) is 0 Å². The molecule has 180 valence electrons. The van der Waals surface area contributed by atoms with Gasteiger partial charge in [-0.2, -0.15) is 0 Å². The molecular weight excluding hydrogens is 480 g/mol. The second kappa shape index (κ2) is 13.7. The van der Waals surface area contributed by atoms with Crippen LogP contribution in [0.2, 0.25) is 0 Å². The number of pyridine rings is 1. The molecule has 2 N–H and O–H groups in total. The molecule has 2 aromatic rings. The van der Waals surface area contributed by atoms with Crippen molar-refractivity contribution in [1.82, 2.24) is 10.3 Å². The number of carboxylic acid groups (broad SMARTS) is 1. The lowest BCUT2D eigenvalue weighted by Gasteiger charge is -2.15. The minimum atomic E-state index is -0.859. The van der Waals surface area contributed by atoms with Crippen molar-refractivity contribution in [2.45, 2.75) is 83.1 Å². The molecule has 0 saturated carbocycles. The molecule has 1 aliphatic carbocycles. The van der Waals surface area contributed by atoms with Gasteiger partial charge in [0.1, 0.15) is 12.5 Å². The zero-order chi connectivity index (χ0) is 23.5. The number of unbranched alkanes of at least 4 members (excludes halogenated alkanes) is 7. The van der Waals surface area contributed by atoms with Crippen LogP contribution < -0.4 is 10.1 Å². The number of aliphatic carboxylic acids is 1. The molecule has 0 spiro atoms. The second-order valence-electron chi connectivity index (χ2n) is 8.93. The van der Waals surface area contributed by atoms with Crippen LogP contribution in [0.15, 0.2) is 41.0 Å². The molecule has 0 saturated heterocycles. The summed E-state index contributed by atoms with van der Waals surface area (Å²) < 4.78 is 6.36. The van der Waals surface area contributed by atoms with Crippen molar-refractivity contribution in [1.29, 1.82) is 0 Å². The second-order valence-corrected chi connectivity index (χ2v) is 9.79. The Bertz CT molecular complexity index is 889. The molecule has 0 unspecified atom stereocenters. The molecule has 0 radical (unpaired) electrons. The Balaban J connectivity index is 0.000000215. The van der Waals surface area contributed by atoms with Crippen LogP contribution in [-0.2, 0) is 11.2 Å². The molecule has 2 atom stereocenters. The molecular formula is C27H37BrN2O3. The van der Waals surface area contributed by atoms with Crippen LogP contribution in [0.3, 0.4) is 0 Å². The first-order chi connectivity index (χ1) is 16.1. The highest BCUT2D eigenvalue weighted by molar-refractivity contribution is 9.10. The molecule has 0 fully saturated rings. The van der Waals surface area contributed by atoms with E-state index >= 15 is 0 Å². The number of hydrogen-bond donors (Lipinski definition) is 2. The van der Waals surface area contributed by atoms with E-state index in [1.165, 1.54) is 86.4 Å². The summed E-state index contributed by atoms with van der Waals surface area (Å²) in [6.07, 6.45) is 15.3.